The summed E-state index contributed by atoms with van der Waals surface area (Å²) >= 11 is 0. The van der Waals surface area contributed by atoms with Crippen molar-refractivity contribution in [1.29, 1.82) is 0 Å². The molecule has 48 heavy (non-hydrogen) atoms. The Morgan fingerprint density at radius 2 is 1.44 bits per heavy atom. The number of rotatable bonds is 6. The molecule has 13 heteroatoms. The zero-order valence-electron chi connectivity index (χ0n) is 30.3. The summed E-state index contributed by atoms with van der Waals surface area (Å²) in [5.41, 5.74) is -2.95. The molecule has 3 aliphatic rings. The number of carbonyl (C=O) groups excluding carboxylic acids is 2. The van der Waals surface area contributed by atoms with Crippen molar-refractivity contribution in [3.05, 3.63) is 0 Å². The first-order valence-electron chi connectivity index (χ1n) is 17.6. The van der Waals surface area contributed by atoms with Crippen molar-refractivity contribution < 1.29 is 63.9 Å². The average molecular weight is 691 g/mol. The molecule has 3 heterocycles. The van der Waals surface area contributed by atoms with Gasteiger partial charge in [-0.15, -0.1) is 0 Å². The fraction of sp³-hybridized carbons (Fsp3) is 0.943. The summed E-state index contributed by atoms with van der Waals surface area (Å²) in [6, 6.07) is 0. The van der Waals surface area contributed by atoms with E-state index in [1.54, 1.807) is 41.5 Å². The Bertz CT molecular complexity index is 1070. The summed E-state index contributed by atoms with van der Waals surface area (Å²) in [5.74, 6) is -5.13. The average Bonchev–Trinajstić information content (AvgIpc) is 3.01. The Morgan fingerprint density at radius 3 is 2.00 bits per heavy atom. The highest BCUT2D eigenvalue weighted by molar-refractivity contribution is 5.83. The van der Waals surface area contributed by atoms with Crippen LogP contribution < -0.4 is 0 Å². The highest BCUT2D eigenvalue weighted by Crippen LogP contribution is 2.40. The summed E-state index contributed by atoms with van der Waals surface area (Å²) in [4.78, 5) is 27.6. The van der Waals surface area contributed by atoms with Crippen molar-refractivity contribution in [1.82, 2.24) is 0 Å². The number of carbonyl (C=O) groups is 2. The number of ketones is 1. The zero-order chi connectivity index (χ0) is 36.5. The van der Waals surface area contributed by atoms with Crippen LogP contribution in [0.1, 0.15) is 94.9 Å². The van der Waals surface area contributed by atoms with E-state index in [-0.39, 0.29) is 31.0 Å². The first-order chi connectivity index (χ1) is 22.2. The monoisotopic (exact) mass is 690 g/mol. The van der Waals surface area contributed by atoms with Gasteiger partial charge >= 0.3 is 5.97 Å². The second-order valence-corrected chi connectivity index (χ2v) is 15.4. The molecule has 13 nitrogen and oxygen atoms in total. The van der Waals surface area contributed by atoms with Crippen LogP contribution in [0.25, 0.3) is 0 Å². The van der Waals surface area contributed by atoms with Gasteiger partial charge in [0.05, 0.1) is 54.2 Å². The van der Waals surface area contributed by atoms with Crippen molar-refractivity contribution in [2.24, 2.45) is 35.5 Å². The molecule has 0 spiro atoms. The number of ether oxygens (including phenoxy) is 5. The fourth-order valence-corrected chi connectivity index (χ4v) is 7.77. The van der Waals surface area contributed by atoms with Crippen LogP contribution in [0.3, 0.4) is 0 Å². The Balaban J connectivity index is 2.13. The standard InChI is InChI=1S/C35H62O13/c1-11-25-17(3)29(40)18(4)28(39)16(2)13-35(10,43)31(48-33-24(38)12-23(37)26(15-36)46-33)19(5)30(20(6)32(41)45-25)47-27-14-34(9,42)21(7)22(8)44-27/h16-27,29-31,33,36-38,40,42-43H,11-15H2,1-10H3/t16-,17+,18+,19+,20-,21+,22+,23+,24-,25-,26-,27+,29+,30+,31-,33+,34-,35-/m1/s1. The van der Waals surface area contributed by atoms with E-state index in [2.05, 4.69) is 0 Å². The first-order valence-corrected chi connectivity index (χ1v) is 17.6. The summed E-state index contributed by atoms with van der Waals surface area (Å²) in [7, 11) is 0. The lowest BCUT2D eigenvalue weighted by Gasteiger charge is -2.48. The molecule has 0 bridgehead atoms. The molecule has 6 N–H and O–H groups in total. The Kier molecular flexibility index (Phi) is 14.1. The lowest BCUT2D eigenvalue weighted by molar-refractivity contribution is -0.319. The maximum absolute atomic E-state index is 13.9. The number of aliphatic hydroxyl groups is 6. The molecule has 280 valence electrons. The molecular formula is C35H62O13. The minimum absolute atomic E-state index is 0.0934. The largest absolute Gasteiger partial charge is 0.462 e. The van der Waals surface area contributed by atoms with Gasteiger partial charge in [-0.05, 0) is 40.5 Å². The van der Waals surface area contributed by atoms with E-state index in [1.807, 2.05) is 20.8 Å². The van der Waals surface area contributed by atoms with E-state index in [9.17, 15) is 40.2 Å². The van der Waals surface area contributed by atoms with Crippen LogP contribution in [-0.4, -0.2) is 122 Å². The minimum atomic E-state index is -1.80. The maximum Gasteiger partial charge on any atom is 0.311 e. The molecule has 0 radical (unpaired) electrons. The third-order valence-corrected chi connectivity index (χ3v) is 11.4. The van der Waals surface area contributed by atoms with Crippen molar-refractivity contribution in [2.45, 2.75) is 168 Å². The maximum atomic E-state index is 13.9. The van der Waals surface area contributed by atoms with Crippen LogP contribution in [0.4, 0.5) is 0 Å². The molecule has 0 unspecified atom stereocenters. The lowest BCUT2D eigenvalue weighted by Crippen LogP contribution is -2.58. The van der Waals surface area contributed by atoms with Gasteiger partial charge in [0.2, 0.25) is 0 Å². The second-order valence-electron chi connectivity index (χ2n) is 15.4. The van der Waals surface area contributed by atoms with Crippen molar-refractivity contribution >= 4 is 11.8 Å². The summed E-state index contributed by atoms with van der Waals surface area (Å²) in [6.45, 7) is 16.5. The highest BCUT2D eigenvalue weighted by Gasteiger charge is 2.51. The number of hydrogen-bond acceptors (Lipinski definition) is 13. The summed E-state index contributed by atoms with van der Waals surface area (Å²) < 4.78 is 30.8. The molecule has 3 saturated heterocycles. The van der Waals surface area contributed by atoms with Crippen LogP contribution in [0.15, 0.2) is 0 Å². The third kappa shape index (κ3) is 9.15. The van der Waals surface area contributed by atoms with E-state index >= 15 is 0 Å². The van der Waals surface area contributed by atoms with Gasteiger partial charge in [0, 0.05) is 42.4 Å². The van der Waals surface area contributed by atoms with Gasteiger partial charge in [-0.2, -0.15) is 0 Å². The first kappa shape index (κ1) is 41.2. The minimum Gasteiger partial charge on any atom is -0.462 e. The van der Waals surface area contributed by atoms with E-state index in [4.69, 9.17) is 23.7 Å². The van der Waals surface area contributed by atoms with Gasteiger partial charge in [0.15, 0.2) is 12.6 Å². The highest BCUT2D eigenvalue weighted by atomic mass is 16.7. The second kappa shape index (κ2) is 16.4. The smallest absolute Gasteiger partial charge is 0.311 e. The van der Waals surface area contributed by atoms with E-state index < -0.39 is 115 Å². The Morgan fingerprint density at radius 1 is 0.812 bits per heavy atom. The van der Waals surface area contributed by atoms with Crippen LogP contribution in [-0.2, 0) is 33.3 Å². The van der Waals surface area contributed by atoms with Gasteiger partial charge in [-0.1, -0.05) is 41.5 Å². The summed E-state index contributed by atoms with van der Waals surface area (Å²) in [5, 5.41) is 65.6. The van der Waals surface area contributed by atoms with E-state index in [1.165, 1.54) is 6.92 Å². The van der Waals surface area contributed by atoms with Gasteiger partial charge < -0.3 is 54.3 Å². The number of hydrogen-bond donors (Lipinski definition) is 6. The van der Waals surface area contributed by atoms with Crippen molar-refractivity contribution in [3.63, 3.8) is 0 Å². The van der Waals surface area contributed by atoms with Gasteiger partial charge in [0.1, 0.15) is 24.1 Å². The number of esters is 1. The van der Waals surface area contributed by atoms with Gasteiger partial charge in [0.25, 0.3) is 0 Å². The van der Waals surface area contributed by atoms with Crippen LogP contribution in [0.5, 0.6) is 0 Å². The van der Waals surface area contributed by atoms with Crippen molar-refractivity contribution in [3.8, 4) is 0 Å². The predicted octanol–water partition coefficient (Wildman–Crippen LogP) is 1.69. The van der Waals surface area contributed by atoms with Gasteiger partial charge in [-0.25, -0.2) is 0 Å². The van der Waals surface area contributed by atoms with Crippen LogP contribution >= 0.6 is 0 Å². The van der Waals surface area contributed by atoms with E-state index in [0.717, 1.165) is 0 Å². The molecule has 18 atom stereocenters. The van der Waals surface area contributed by atoms with Crippen LogP contribution in [0, 0.1) is 35.5 Å². The molecule has 0 aromatic heterocycles. The SMILES string of the molecule is CC[C@H]1OC(=O)[C@H](C)[C@@H](O[C@H]2C[C@@](C)(O)[C@@H](C)[C@H](C)O2)[C@H](C)[C@@H](O[C@@H]2O[C@H](CO)[C@@H](O)C[C@H]2O)[C@](C)(O)C[C@@H](C)C(=O)[C@H](C)[C@@H](O)[C@H]1C. The zero-order valence-corrected chi connectivity index (χ0v) is 30.3. The third-order valence-electron chi connectivity index (χ3n) is 11.4. The number of Topliss-reactive ketones (excluding diaryl/α,β-unsaturated/α-hetero) is 1. The van der Waals surface area contributed by atoms with Crippen molar-refractivity contribution in [2.75, 3.05) is 6.61 Å². The molecule has 0 amide bonds. The molecule has 3 aliphatic heterocycles. The predicted molar refractivity (Wildman–Crippen MR) is 173 cm³/mol. The Labute approximate surface area is 285 Å². The molecule has 0 aliphatic carbocycles. The van der Waals surface area contributed by atoms with Crippen LogP contribution in [0.2, 0.25) is 0 Å². The molecule has 0 saturated carbocycles. The fourth-order valence-electron chi connectivity index (χ4n) is 7.77. The molecule has 3 fully saturated rings. The summed E-state index contributed by atoms with van der Waals surface area (Å²) in [6.07, 6.45) is -10.2. The molecule has 0 aromatic carbocycles. The molecule has 0 aromatic rings. The quantitative estimate of drug-likeness (QED) is 0.220. The van der Waals surface area contributed by atoms with Gasteiger partial charge in [-0.3, -0.25) is 9.59 Å². The number of cyclic esters (lactones) is 1. The normalized spacial score (nSPS) is 50.4. The molecule has 3 rings (SSSR count). The Hall–Kier alpha value is -1.26. The lowest BCUT2D eigenvalue weighted by atomic mass is 9.74. The van der Waals surface area contributed by atoms with E-state index in [0.29, 0.717) is 6.42 Å². The molecular weight excluding hydrogens is 628 g/mol. The number of aliphatic hydroxyl groups excluding tert-OH is 4. The topological polar surface area (TPSA) is 202 Å².